The van der Waals surface area contributed by atoms with E-state index in [-0.39, 0.29) is 18.1 Å². The number of carbonyl (C=O) groups is 4. The third-order valence-corrected chi connectivity index (χ3v) is 4.69. The van der Waals surface area contributed by atoms with Crippen LogP contribution < -0.4 is 4.90 Å². The number of anilines is 1. The number of thioether (sulfide) groups is 1. The zero-order valence-corrected chi connectivity index (χ0v) is 16.9. The summed E-state index contributed by atoms with van der Waals surface area (Å²) in [4.78, 5) is 52.2. The zero-order valence-electron chi connectivity index (χ0n) is 16.1. The van der Waals surface area contributed by atoms with Crippen molar-refractivity contribution in [3.8, 4) is 0 Å². The Morgan fingerprint density at radius 3 is 2.07 bits per heavy atom. The number of amides is 2. The lowest BCUT2D eigenvalue weighted by Gasteiger charge is -2.21. The van der Waals surface area contributed by atoms with Crippen LogP contribution in [0, 0.1) is 0 Å². The quantitative estimate of drug-likeness (QED) is 0.387. The summed E-state index contributed by atoms with van der Waals surface area (Å²) >= 11 is 0.659. The van der Waals surface area contributed by atoms with Crippen LogP contribution in [0.1, 0.15) is 19.4 Å². The minimum absolute atomic E-state index is 0.000970. The molecular weight excluding hydrogens is 384 g/mol. The van der Waals surface area contributed by atoms with Crippen LogP contribution in [0.2, 0.25) is 0 Å². The highest BCUT2D eigenvalue weighted by molar-refractivity contribution is 8.18. The van der Waals surface area contributed by atoms with Crippen molar-refractivity contribution in [2.45, 2.75) is 19.9 Å². The number of hydrogen-bond acceptors (Lipinski definition) is 8. The molecule has 1 fully saturated rings. The summed E-state index contributed by atoms with van der Waals surface area (Å²) < 4.78 is 9.70. The molecular formula is C19H22N2O6S. The summed E-state index contributed by atoms with van der Waals surface area (Å²) in [5, 5.41) is -0.729. The Labute approximate surface area is 167 Å². The van der Waals surface area contributed by atoms with Crippen LogP contribution in [0.15, 0.2) is 29.2 Å². The first-order valence-electron chi connectivity index (χ1n) is 8.67. The van der Waals surface area contributed by atoms with E-state index in [2.05, 4.69) is 0 Å². The Hall–Kier alpha value is -2.81. The highest BCUT2D eigenvalue weighted by atomic mass is 32.2. The number of hydrogen-bond donors (Lipinski definition) is 0. The SMILES string of the molecule is CCOC(=O)C(C(=O)OCC)N1C(=O)SC(=Cc2ccc(N(C)C)cc2)C1=O. The van der Waals surface area contributed by atoms with Crippen LogP contribution in [0.4, 0.5) is 10.5 Å². The fourth-order valence-corrected chi connectivity index (χ4v) is 3.33. The molecule has 1 heterocycles. The minimum Gasteiger partial charge on any atom is -0.464 e. The maximum Gasteiger partial charge on any atom is 0.341 e. The predicted octanol–water partition coefficient (Wildman–Crippen LogP) is 2.28. The first-order valence-corrected chi connectivity index (χ1v) is 9.49. The van der Waals surface area contributed by atoms with E-state index in [0.717, 1.165) is 5.69 Å². The van der Waals surface area contributed by atoms with Crippen LogP contribution in [0.25, 0.3) is 6.08 Å². The summed E-state index contributed by atoms with van der Waals surface area (Å²) in [6.07, 6.45) is 1.54. The lowest BCUT2D eigenvalue weighted by atomic mass is 10.1. The third-order valence-electron chi connectivity index (χ3n) is 3.81. The molecule has 0 radical (unpaired) electrons. The smallest absolute Gasteiger partial charge is 0.341 e. The largest absolute Gasteiger partial charge is 0.464 e. The second kappa shape index (κ2) is 9.41. The zero-order chi connectivity index (χ0) is 20.8. The first kappa shape index (κ1) is 21.5. The maximum atomic E-state index is 12.7. The molecule has 0 atom stereocenters. The Morgan fingerprint density at radius 2 is 1.61 bits per heavy atom. The van der Waals surface area contributed by atoms with Gasteiger partial charge in [-0.25, -0.2) is 14.5 Å². The van der Waals surface area contributed by atoms with Crippen LogP contribution in [-0.2, 0) is 23.9 Å². The van der Waals surface area contributed by atoms with Crippen LogP contribution in [0.3, 0.4) is 0 Å². The molecule has 1 aliphatic heterocycles. The molecule has 2 amide bonds. The molecule has 9 heteroatoms. The lowest BCUT2D eigenvalue weighted by molar-refractivity contribution is -0.164. The Balaban J connectivity index is 2.31. The van der Waals surface area contributed by atoms with Crippen LogP contribution >= 0.6 is 11.8 Å². The number of esters is 2. The van der Waals surface area contributed by atoms with Gasteiger partial charge in [0, 0.05) is 19.8 Å². The molecule has 8 nitrogen and oxygen atoms in total. The summed E-state index contributed by atoms with van der Waals surface area (Å²) in [5.41, 5.74) is 1.69. The van der Waals surface area contributed by atoms with Gasteiger partial charge in [0.15, 0.2) is 0 Å². The second-order valence-electron chi connectivity index (χ2n) is 5.94. The summed E-state index contributed by atoms with van der Waals surface area (Å²) in [5.74, 6) is -2.74. The van der Waals surface area contributed by atoms with Gasteiger partial charge in [0.25, 0.3) is 11.1 Å². The van der Waals surface area contributed by atoms with Crippen molar-refractivity contribution in [2.75, 3.05) is 32.2 Å². The predicted molar refractivity (Wildman–Crippen MR) is 106 cm³/mol. The van der Waals surface area contributed by atoms with Gasteiger partial charge in [0.1, 0.15) is 0 Å². The van der Waals surface area contributed by atoms with E-state index in [1.54, 1.807) is 26.0 Å². The van der Waals surface area contributed by atoms with E-state index in [9.17, 15) is 19.2 Å². The van der Waals surface area contributed by atoms with Gasteiger partial charge in [-0.1, -0.05) is 12.1 Å². The van der Waals surface area contributed by atoms with Crippen molar-refractivity contribution in [3.63, 3.8) is 0 Å². The average molecular weight is 406 g/mol. The van der Waals surface area contributed by atoms with Crippen molar-refractivity contribution in [2.24, 2.45) is 0 Å². The molecule has 0 saturated carbocycles. The molecule has 0 N–H and O–H groups in total. The van der Waals surface area contributed by atoms with Crippen LogP contribution in [-0.4, -0.2) is 61.3 Å². The van der Waals surface area contributed by atoms with Gasteiger partial charge in [0.05, 0.1) is 18.1 Å². The van der Waals surface area contributed by atoms with E-state index in [1.165, 1.54) is 6.08 Å². The van der Waals surface area contributed by atoms with Gasteiger partial charge in [-0.2, -0.15) is 0 Å². The molecule has 1 aliphatic rings. The summed E-state index contributed by atoms with van der Waals surface area (Å²) in [7, 11) is 3.82. The number of benzene rings is 1. The Morgan fingerprint density at radius 1 is 1.07 bits per heavy atom. The first-order chi connectivity index (χ1) is 13.3. The number of carbonyl (C=O) groups excluding carboxylic acids is 4. The molecule has 1 aromatic carbocycles. The normalized spacial score (nSPS) is 15.3. The van der Waals surface area contributed by atoms with E-state index in [1.807, 2.05) is 31.1 Å². The monoisotopic (exact) mass is 406 g/mol. The van der Waals surface area contributed by atoms with Gasteiger partial charge in [-0.3, -0.25) is 9.59 Å². The van der Waals surface area contributed by atoms with Crippen LogP contribution in [0.5, 0.6) is 0 Å². The molecule has 150 valence electrons. The minimum atomic E-state index is -1.76. The van der Waals surface area contributed by atoms with Gasteiger partial charge >= 0.3 is 11.9 Å². The number of rotatable bonds is 7. The number of nitrogens with zero attached hydrogens (tertiary/aromatic N) is 2. The van der Waals surface area contributed by atoms with Crippen molar-refractivity contribution >= 4 is 46.6 Å². The summed E-state index contributed by atoms with van der Waals surface area (Å²) in [6, 6.07) is 5.59. The molecule has 0 unspecified atom stereocenters. The van der Waals surface area contributed by atoms with E-state index >= 15 is 0 Å². The van der Waals surface area contributed by atoms with E-state index in [0.29, 0.717) is 22.2 Å². The molecule has 1 saturated heterocycles. The summed E-state index contributed by atoms with van der Waals surface area (Å²) in [6.45, 7) is 3.12. The molecule has 0 aliphatic carbocycles. The molecule has 2 rings (SSSR count). The van der Waals surface area contributed by atoms with Crippen molar-refractivity contribution in [3.05, 3.63) is 34.7 Å². The molecule has 28 heavy (non-hydrogen) atoms. The van der Waals surface area contributed by atoms with Gasteiger partial charge in [0.2, 0.25) is 6.04 Å². The highest BCUT2D eigenvalue weighted by Crippen LogP contribution is 2.34. The molecule has 0 spiro atoms. The molecule has 1 aromatic rings. The van der Waals surface area contributed by atoms with Crippen molar-refractivity contribution in [1.82, 2.24) is 4.90 Å². The van der Waals surface area contributed by atoms with Crippen molar-refractivity contribution in [1.29, 1.82) is 0 Å². The fourth-order valence-electron chi connectivity index (χ4n) is 2.47. The maximum absolute atomic E-state index is 12.7. The Bertz CT molecular complexity index is 785. The van der Waals surface area contributed by atoms with E-state index in [4.69, 9.17) is 9.47 Å². The Kier molecular flexibility index (Phi) is 7.22. The number of imide groups is 1. The average Bonchev–Trinajstić information content (AvgIpc) is 2.91. The highest BCUT2D eigenvalue weighted by Gasteiger charge is 2.48. The lowest BCUT2D eigenvalue weighted by Crippen LogP contribution is -2.50. The van der Waals surface area contributed by atoms with Gasteiger partial charge < -0.3 is 14.4 Å². The van der Waals surface area contributed by atoms with Gasteiger partial charge in [-0.15, -0.1) is 0 Å². The third kappa shape index (κ3) is 4.72. The standard InChI is InChI=1S/C19H22N2O6S/c1-5-26-17(23)15(18(24)27-6-2)21-16(22)14(28-19(21)25)11-12-7-9-13(10-8-12)20(3)4/h7-11,15H,5-6H2,1-4H3. The fraction of sp³-hybridized carbons (Fsp3) is 0.368. The van der Waals surface area contributed by atoms with Crippen molar-refractivity contribution < 1.29 is 28.7 Å². The van der Waals surface area contributed by atoms with Gasteiger partial charge in [-0.05, 0) is 49.4 Å². The second-order valence-corrected chi connectivity index (χ2v) is 6.94. The van der Waals surface area contributed by atoms with E-state index < -0.39 is 29.1 Å². The topological polar surface area (TPSA) is 93.2 Å². The number of ether oxygens (including phenoxy) is 2. The molecule has 0 bridgehead atoms. The molecule has 0 aromatic heterocycles.